The molecule has 6 heteroatoms. The first-order valence-electron chi connectivity index (χ1n) is 6.56. The Bertz CT molecular complexity index is 982. The van der Waals surface area contributed by atoms with Crippen molar-refractivity contribution in [1.82, 2.24) is 9.97 Å². The molecule has 2 heterocycles. The molecule has 0 saturated heterocycles. The fourth-order valence-corrected chi connectivity index (χ4v) is 2.79. The Morgan fingerprint density at radius 2 is 1.86 bits per heavy atom. The van der Waals surface area contributed by atoms with Crippen LogP contribution in [-0.4, -0.2) is 9.97 Å². The number of benzene rings is 2. The summed E-state index contributed by atoms with van der Waals surface area (Å²) >= 11 is 9.37. The van der Waals surface area contributed by atoms with Gasteiger partial charge in [-0.15, -0.1) is 0 Å². The SMILES string of the molecule is Clc1ccc(Nc2ncnc3c2oc2ccc(Br)cc23)cc1. The summed E-state index contributed by atoms with van der Waals surface area (Å²) in [6.07, 6.45) is 1.52. The van der Waals surface area contributed by atoms with E-state index in [4.69, 9.17) is 16.0 Å². The van der Waals surface area contributed by atoms with Crippen LogP contribution in [0.4, 0.5) is 11.5 Å². The molecule has 0 atom stereocenters. The van der Waals surface area contributed by atoms with Crippen molar-refractivity contribution in [2.24, 2.45) is 0 Å². The molecule has 4 rings (SSSR count). The first-order chi connectivity index (χ1) is 10.7. The van der Waals surface area contributed by atoms with Crippen molar-refractivity contribution in [2.45, 2.75) is 0 Å². The van der Waals surface area contributed by atoms with Gasteiger partial charge in [-0.2, -0.15) is 0 Å². The van der Waals surface area contributed by atoms with Gasteiger partial charge >= 0.3 is 0 Å². The van der Waals surface area contributed by atoms with Gasteiger partial charge in [0, 0.05) is 20.6 Å². The average Bonchev–Trinajstić information content (AvgIpc) is 2.89. The van der Waals surface area contributed by atoms with Crippen molar-refractivity contribution < 1.29 is 4.42 Å². The number of nitrogens with zero attached hydrogens (tertiary/aromatic N) is 2. The van der Waals surface area contributed by atoms with Gasteiger partial charge in [-0.3, -0.25) is 0 Å². The van der Waals surface area contributed by atoms with E-state index in [1.807, 2.05) is 42.5 Å². The van der Waals surface area contributed by atoms with Crippen LogP contribution in [0.15, 0.2) is 57.7 Å². The topological polar surface area (TPSA) is 51.0 Å². The van der Waals surface area contributed by atoms with Gasteiger partial charge in [-0.25, -0.2) is 9.97 Å². The zero-order chi connectivity index (χ0) is 15.1. The molecule has 22 heavy (non-hydrogen) atoms. The monoisotopic (exact) mass is 373 g/mol. The van der Waals surface area contributed by atoms with E-state index in [9.17, 15) is 0 Å². The second-order valence-electron chi connectivity index (χ2n) is 4.77. The van der Waals surface area contributed by atoms with E-state index in [1.165, 1.54) is 6.33 Å². The first kappa shape index (κ1) is 13.5. The van der Waals surface area contributed by atoms with Crippen LogP contribution in [0.1, 0.15) is 0 Å². The molecule has 0 fully saturated rings. The Balaban J connectivity index is 1.87. The number of fused-ring (bicyclic) bond motifs is 3. The van der Waals surface area contributed by atoms with Gasteiger partial charge in [-0.1, -0.05) is 27.5 Å². The van der Waals surface area contributed by atoms with Crippen LogP contribution in [0.2, 0.25) is 5.02 Å². The molecule has 0 aliphatic rings. The molecule has 108 valence electrons. The predicted octanol–water partition coefficient (Wildman–Crippen LogP) is 5.54. The van der Waals surface area contributed by atoms with Gasteiger partial charge in [0.05, 0.1) is 0 Å². The van der Waals surface area contributed by atoms with Gasteiger partial charge in [0.2, 0.25) is 0 Å². The Morgan fingerprint density at radius 3 is 2.68 bits per heavy atom. The maximum absolute atomic E-state index is 5.90. The van der Waals surface area contributed by atoms with Gasteiger partial charge < -0.3 is 9.73 Å². The summed E-state index contributed by atoms with van der Waals surface area (Å²) in [6.45, 7) is 0. The molecule has 1 N–H and O–H groups in total. The highest BCUT2D eigenvalue weighted by molar-refractivity contribution is 9.10. The predicted molar refractivity (Wildman–Crippen MR) is 91.7 cm³/mol. The third kappa shape index (κ3) is 2.32. The van der Waals surface area contributed by atoms with Crippen LogP contribution >= 0.6 is 27.5 Å². The maximum atomic E-state index is 5.90. The largest absolute Gasteiger partial charge is 0.450 e. The molecular formula is C16H9BrClN3O. The van der Waals surface area contributed by atoms with Crippen LogP contribution < -0.4 is 5.32 Å². The number of rotatable bonds is 2. The molecular weight excluding hydrogens is 366 g/mol. The molecule has 2 aromatic carbocycles. The standard InChI is InChI=1S/C16H9BrClN3O/c17-9-1-6-13-12(7-9)14-15(22-13)16(20-8-19-14)21-11-4-2-10(18)3-5-11/h1-8H,(H,19,20,21). The second kappa shape index (κ2) is 5.26. The lowest BCUT2D eigenvalue weighted by Gasteiger charge is -2.05. The number of anilines is 2. The Hall–Kier alpha value is -2.11. The minimum absolute atomic E-state index is 0.625. The molecule has 4 nitrogen and oxygen atoms in total. The molecule has 0 aliphatic heterocycles. The third-order valence-corrected chi connectivity index (χ3v) is 4.06. The van der Waals surface area contributed by atoms with E-state index in [2.05, 4.69) is 31.2 Å². The van der Waals surface area contributed by atoms with E-state index in [0.29, 0.717) is 16.4 Å². The van der Waals surface area contributed by atoms with E-state index in [0.717, 1.165) is 26.6 Å². The molecule has 0 spiro atoms. The number of furan rings is 1. The molecule has 0 amide bonds. The second-order valence-corrected chi connectivity index (χ2v) is 6.13. The highest BCUT2D eigenvalue weighted by atomic mass is 79.9. The molecule has 4 aromatic rings. The smallest absolute Gasteiger partial charge is 0.196 e. The fourth-order valence-electron chi connectivity index (χ4n) is 2.31. The zero-order valence-corrected chi connectivity index (χ0v) is 13.5. The number of nitrogens with one attached hydrogen (secondary N) is 1. The number of aromatic nitrogens is 2. The zero-order valence-electron chi connectivity index (χ0n) is 11.2. The normalized spacial score (nSPS) is 11.2. The highest BCUT2D eigenvalue weighted by Crippen LogP contribution is 2.33. The first-order valence-corrected chi connectivity index (χ1v) is 7.73. The summed E-state index contributed by atoms with van der Waals surface area (Å²) in [5.74, 6) is 0.625. The lowest BCUT2D eigenvalue weighted by molar-refractivity contribution is 0.667. The Kier molecular flexibility index (Phi) is 3.24. The van der Waals surface area contributed by atoms with E-state index in [-0.39, 0.29) is 0 Å². The highest BCUT2D eigenvalue weighted by Gasteiger charge is 2.13. The van der Waals surface area contributed by atoms with E-state index < -0.39 is 0 Å². The summed E-state index contributed by atoms with van der Waals surface area (Å²) < 4.78 is 6.88. The van der Waals surface area contributed by atoms with E-state index >= 15 is 0 Å². The van der Waals surface area contributed by atoms with Gasteiger partial charge in [-0.05, 0) is 42.5 Å². The fraction of sp³-hybridized carbons (Fsp3) is 0. The van der Waals surface area contributed by atoms with Crippen molar-refractivity contribution in [3.63, 3.8) is 0 Å². The Labute approximate surface area is 139 Å². The Morgan fingerprint density at radius 1 is 1.05 bits per heavy atom. The summed E-state index contributed by atoms with van der Waals surface area (Å²) in [4.78, 5) is 8.62. The maximum Gasteiger partial charge on any atom is 0.196 e. The lowest BCUT2D eigenvalue weighted by Crippen LogP contribution is -1.94. The molecule has 0 radical (unpaired) electrons. The van der Waals surface area contributed by atoms with Crippen LogP contribution in [0, 0.1) is 0 Å². The van der Waals surface area contributed by atoms with Crippen LogP contribution in [0.3, 0.4) is 0 Å². The van der Waals surface area contributed by atoms with E-state index in [1.54, 1.807) is 0 Å². The summed E-state index contributed by atoms with van der Waals surface area (Å²) in [6, 6.07) is 13.2. The minimum Gasteiger partial charge on any atom is -0.450 e. The van der Waals surface area contributed by atoms with Crippen molar-refractivity contribution >= 4 is 61.1 Å². The van der Waals surface area contributed by atoms with Crippen LogP contribution in [-0.2, 0) is 0 Å². The van der Waals surface area contributed by atoms with Crippen LogP contribution in [0.5, 0.6) is 0 Å². The van der Waals surface area contributed by atoms with Gasteiger partial charge in [0.1, 0.15) is 17.4 Å². The molecule has 0 bridgehead atoms. The molecule has 2 aromatic heterocycles. The van der Waals surface area contributed by atoms with Gasteiger partial charge in [0.15, 0.2) is 11.4 Å². The summed E-state index contributed by atoms with van der Waals surface area (Å²) in [5.41, 5.74) is 3.07. The number of halogens is 2. The number of hydrogen-bond acceptors (Lipinski definition) is 4. The van der Waals surface area contributed by atoms with Crippen molar-refractivity contribution in [1.29, 1.82) is 0 Å². The quantitative estimate of drug-likeness (QED) is 0.501. The summed E-state index contributed by atoms with van der Waals surface area (Å²) in [5, 5.41) is 4.87. The van der Waals surface area contributed by atoms with Crippen molar-refractivity contribution in [3.05, 3.63) is 58.3 Å². The van der Waals surface area contributed by atoms with Crippen molar-refractivity contribution in [2.75, 3.05) is 5.32 Å². The molecule has 0 saturated carbocycles. The molecule has 0 aliphatic carbocycles. The average molecular weight is 375 g/mol. The lowest BCUT2D eigenvalue weighted by atomic mass is 10.2. The van der Waals surface area contributed by atoms with Crippen molar-refractivity contribution in [3.8, 4) is 0 Å². The van der Waals surface area contributed by atoms with Crippen LogP contribution in [0.25, 0.3) is 22.1 Å². The third-order valence-electron chi connectivity index (χ3n) is 3.32. The summed E-state index contributed by atoms with van der Waals surface area (Å²) in [7, 11) is 0. The minimum atomic E-state index is 0.625. The molecule has 0 unspecified atom stereocenters. The number of hydrogen-bond donors (Lipinski definition) is 1. The van der Waals surface area contributed by atoms with Gasteiger partial charge in [0.25, 0.3) is 0 Å².